The highest BCUT2D eigenvalue weighted by molar-refractivity contribution is 7.98. The van der Waals surface area contributed by atoms with Crippen LogP contribution in [0.2, 0.25) is 0 Å². The zero-order chi connectivity index (χ0) is 15.9. The van der Waals surface area contributed by atoms with Crippen LogP contribution in [0.25, 0.3) is 0 Å². The highest BCUT2D eigenvalue weighted by Crippen LogP contribution is 2.26. The number of carbonyl (C=O) groups is 1. The lowest BCUT2D eigenvalue weighted by molar-refractivity contribution is 0.0950. The molecular formula is C16H21N3OS2. The Hall–Kier alpha value is -1.37. The summed E-state index contributed by atoms with van der Waals surface area (Å²) in [6.45, 7) is 4.53. The van der Waals surface area contributed by atoms with Crippen molar-refractivity contribution < 1.29 is 4.79 Å². The molecule has 1 heterocycles. The normalized spacial score (nSPS) is 12.1. The fourth-order valence-electron chi connectivity index (χ4n) is 1.91. The van der Waals surface area contributed by atoms with Crippen molar-refractivity contribution in [3.63, 3.8) is 0 Å². The summed E-state index contributed by atoms with van der Waals surface area (Å²) in [4.78, 5) is 17.7. The molecule has 0 fully saturated rings. The van der Waals surface area contributed by atoms with Crippen molar-refractivity contribution in [3.8, 4) is 0 Å². The Kier molecular flexibility index (Phi) is 6.42. The van der Waals surface area contributed by atoms with Crippen LogP contribution in [0.1, 0.15) is 34.4 Å². The number of nitrogens with one attached hydrogen (secondary N) is 1. The van der Waals surface area contributed by atoms with Crippen LogP contribution < -0.4 is 11.1 Å². The van der Waals surface area contributed by atoms with E-state index in [1.54, 1.807) is 23.1 Å². The molecule has 0 radical (unpaired) electrons. The van der Waals surface area contributed by atoms with Gasteiger partial charge in [-0.2, -0.15) is 0 Å². The SMILES string of the molecule is Cc1nc(CSc2ccccc2C(=O)NCCC(C)N)cs1. The lowest BCUT2D eigenvalue weighted by atomic mass is 10.2. The first-order chi connectivity index (χ1) is 10.6. The Bertz CT molecular complexity index is 625. The summed E-state index contributed by atoms with van der Waals surface area (Å²) in [5, 5.41) is 6.06. The molecule has 4 nitrogen and oxygen atoms in total. The van der Waals surface area contributed by atoms with Crippen LogP contribution >= 0.6 is 23.1 Å². The van der Waals surface area contributed by atoms with E-state index in [-0.39, 0.29) is 11.9 Å². The maximum atomic E-state index is 12.3. The van der Waals surface area contributed by atoms with Gasteiger partial charge in [0.05, 0.1) is 16.3 Å². The largest absolute Gasteiger partial charge is 0.352 e. The van der Waals surface area contributed by atoms with E-state index in [4.69, 9.17) is 5.73 Å². The van der Waals surface area contributed by atoms with Crippen molar-refractivity contribution in [2.24, 2.45) is 5.73 Å². The van der Waals surface area contributed by atoms with Crippen LogP contribution in [0.15, 0.2) is 34.5 Å². The number of carbonyl (C=O) groups excluding carboxylic acids is 1. The molecule has 6 heteroatoms. The van der Waals surface area contributed by atoms with E-state index in [1.807, 2.05) is 38.1 Å². The van der Waals surface area contributed by atoms with Gasteiger partial charge in [0.25, 0.3) is 5.91 Å². The van der Waals surface area contributed by atoms with Crippen molar-refractivity contribution in [2.45, 2.75) is 37.0 Å². The topological polar surface area (TPSA) is 68.0 Å². The smallest absolute Gasteiger partial charge is 0.252 e. The Morgan fingerprint density at radius 1 is 1.45 bits per heavy atom. The minimum atomic E-state index is -0.0433. The molecular weight excluding hydrogens is 314 g/mol. The molecule has 1 aromatic heterocycles. The van der Waals surface area contributed by atoms with Crippen LogP contribution in [0.5, 0.6) is 0 Å². The number of hydrogen-bond acceptors (Lipinski definition) is 5. The first-order valence-corrected chi connectivity index (χ1v) is 9.09. The molecule has 1 atom stereocenters. The molecule has 0 saturated heterocycles. The third-order valence-corrected chi connectivity index (χ3v) is 4.99. The summed E-state index contributed by atoms with van der Waals surface area (Å²) in [5.41, 5.74) is 7.47. The molecule has 0 aliphatic carbocycles. The average Bonchev–Trinajstić information content (AvgIpc) is 2.90. The molecule has 0 aliphatic rings. The number of amides is 1. The van der Waals surface area contributed by atoms with Gasteiger partial charge in [0.2, 0.25) is 0 Å². The van der Waals surface area contributed by atoms with Gasteiger partial charge in [-0.05, 0) is 32.4 Å². The summed E-state index contributed by atoms with van der Waals surface area (Å²) in [6.07, 6.45) is 0.777. The summed E-state index contributed by atoms with van der Waals surface area (Å²) in [5.74, 6) is 0.729. The predicted molar refractivity (Wildman–Crippen MR) is 93.5 cm³/mol. The van der Waals surface area contributed by atoms with Gasteiger partial charge in [-0.3, -0.25) is 4.79 Å². The third-order valence-electron chi connectivity index (χ3n) is 3.06. The third kappa shape index (κ3) is 5.12. The first-order valence-electron chi connectivity index (χ1n) is 7.23. The second-order valence-electron chi connectivity index (χ2n) is 5.16. The first kappa shape index (κ1) is 17.0. The van der Waals surface area contributed by atoms with Gasteiger partial charge in [-0.1, -0.05) is 12.1 Å². The number of thioether (sulfide) groups is 1. The van der Waals surface area contributed by atoms with Crippen LogP contribution in [0.3, 0.4) is 0 Å². The van der Waals surface area contributed by atoms with Gasteiger partial charge < -0.3 is 11.1 Å². The Balaban J connectivity index is 1.98. The molecule has 3 N–H and O–H groups in total. The van der Waals surface area contributed by atoms with Crippen molar-refractivity contribution in [1.82, 2.24) is 10.3 Å². The maximum Gasteiger partial charge on any atom is 0.252 e. The van der Waals surface area contributed by atoms with Gasteiger partial charge in [0.1, 0.15) is 0 Å². The lowest BCUT2D eigenvalue weighted by Crippen LogP contribution is -2.29. The van der Waals surface area contributed by atoms with Gasteiger partial charge in [0.15, 0.2) is 0 Å². The van der Waals surface area contributed by atoms with Gasteiger partial charge >= 0.3 is 0 Å². The maximum absolute atomic E-state index is 12.3. The quantitative estimate of drug-likeness (QED) is 0.763. The molecule has 0 bridgehead atoms. The highest BCUT2D eigenvalue weighted by Gasteiger charge is 2.11. The molecule has 2 rings (SSSR count). The molecule has 0 aliphatic heterocycles. The number of aromatic nitrogens is 1. The predicted octanol–water partition coefficient (Wildman–Crippen LogP) is 3.21. The van der Waals surface area contributed by atoms with Crippen LogP contribution in [-0.4, -0.2) is 23.5 Å². The van der Waals surface area contributed by atoms with E-state index in [0.29, 0.717) is 12.1 Å². The number of thiazole rings is 1. The van der Waals surface area contributed by atoms with E-state index in [1.165, 1.54) is 0 Å². The summed E-state index contributed by atoms with van der Waals surface area (Å²) < 4.78 is 0. The van der Waals surface area contributed by atoms with Crippen molar-refractivity contribution in [2.75, 3.05) is 6.54 Å². The highest BCUT2D eigenvalue weighted by atomic mass is 32.2. The number of rotatable bonds is 7. The van der Waals surface area contributed by atoms with E-state index < -0.39 is 0 Å². The second kappa shape index (κ2) is 8.31. The number of benzene rings is 1. The zero-order valence-corrected chi connectivity index (χ0v) is 14.5. The van der Waals surface area contributed by atoms with E-state index in [0.717, 1.165) is 27.8 Å². The van der Waals surface area contributed by atoms with Crippen LogP contribution in [0.4, 0.5) is 0 Å². The van der Waals surface area contributed by atoms with E-state index in [2.05, 4.69) is 15.7 Å². The van der Waals surface area contributed by atoms with Crippen molar-refractivity contribution >= 4 is 29.0 Å². The minimum absolute atomic E-state index is 0.0433. The average molecular weight is 335 g/mol. The van der Waals surface area contributed by atoms with Crippen molar-refractivity contribution in [3.05, 3.63) is 45.9 Å². The molecule has 118 valence electrons. The zero-order valence-electron chi connectivity index (χ0n) is 12.8. The van der Waals surface area contributed by atoms with Crippen LogP contribution in [0, 0.1) is 6.92 Å². The lowest BCUT2D eigenvalue weighted by Gasteiger charge is -2.10. The van der Waals surface area contributed by atoms with Crippen molar-refractivity contribution in [1.29, 1.82) is 0 Å². The van der Waals surface area contributed by atoms with E-state index in [9.17, 15) is 4.79 Å². The Morgan fingerprint density at radius 3 is 2.91 bits per heavy atom. The van der Waals surface area contributed by atoms with Crippen LogP contribution in [-0.2, 0) is 5.75 Å². The summed E-state index contributed by atoms with van der Waals surface area (Å²) >= 11 is 3.29. The van der Waals surface area contributed by atoms with E-state index >= 15 is 0 Å². The summed E-state index contributed by atoms with van der Waals surface area (Å²) in [6, 6.07) is 7.77. The summed E-state index contributed by atoms with van der Waals surface area (Å²) in [7, 11) is 0. The Labute approximate surface area is 139 Å². The molecule has 2 aromatic rings. The molecule has 0 spiro atoms. The number of nitrogens with zero attached hydrogens (tertiary/aromatic N) is 1. The molecule has 1 amide bonds. The molecule has 22 heavy (non-hydrogen) atoms. The second-order valence-corrected chi connectivity index (χ2v) is 7.24. The van der Waals surface area contributed by atoms with Gasteiger partial charge in [-0.25, -0.2) is 4.98 Å². The molecule has 0 saturated carbocycles. The molecule has 1 unspecified atom stereocenters. The molecule has 1 aromatic carbocycles. The fourth-order valence-corrected chi connectivity index (χ4v) is 3.58. The monoisotopic (exact) mass is 335 g/mol. The number of aryl methyl sites for hydroxylation is 1. The van der Waals surface area contributed by atoms with Gasteiger partial charge in [-0.15, -0.1) is 23.1 Å². The fraction of sp³-hybridized carbons (Fsp3) is 0.375. The standard InChI is InChI=1S/C16H21N3OS2/c1-11(17)7-8-18-16(20)14-5-3-4-6-15(14)22-10-13-9-21-12(2)19-13/h3-6,9,11H,7-8,10,17H2,1-2H3,(H,18,20). The van der Waals surface area contributed by atoms with Gasteiger partial charge in [0, 0.05) is 28.6 Å². The Morgan fingerprint density at radius 2 is 2.23 bits per heavy atom. The number of hydrogen-bond donors (Lipinski definition) is 2. The minimum Gasteiger partial charge on any atom is -0.352 e. The number of nitrogens with two attached hydrogens (primary N) is 1.